The minimum Gasteiger partial charge on any atom is -0.872 e. The topological polar surface area (TPSA) is 105 Å². The van der Waals surface area contributed by atoms with Gasteiger partial charge in [-0.3, -0.25) is 0 Å². The van der Waals surface area contributed by atoms with E-state index in [0.29, 0.717) is 22.5 Å². The summed E-state index contributed by atoms with van der Waals surface area (Å²) in [6.45, 7) is 3.36. The van der Waals surface area contributed by atoms with Gasteiger partial charge < -0.3 is 10.2 Å². The zero-order valence-electron chi connectivity index (χ0n) is 11.3. The normalized spacial score (nSPS) is 8.86. The monoisotopic (exact) mass is 335 g/mol. The van der Waals surface area contributed by atoms with Crippen molar-refractivity contribution in [2.75, 3.05) is 0 Å². The van der Waals surface area contributed by atoms with Crippen LogP contribution in [-0.4, -0.2) is 0 Å². The number of benzene rings is 2. The van der Waals surface area contributed by atoms with Gasteiger partial charge in [-0.2, -0.15) is 0 Å². The molecule has 0 saturated carbocycles. The molecule has 0 saturated heterocycles. The van der Waals surface area contributed by atoms with E-state index in [1.54, 1.807) is 13.8 Å². The average molecular weight is 336 g/mol. The molecule has 2 aromatic carbocycles. The quantitative estimate of drug-likeness (QED) is 0.621. The molecular weight excluding hydrogens is 324 g/mol. The van der Waals surface area contributed by atoms with Crippen LogP contribution in [0.25, 0.3) is 0 Å². The summed E-state index contributed by atoms with van der Waals surface area (Å²) in [5, 5.41) is 26.7. The summed E-state index contributed by atoms with van der Waals surface area (Å²) in [6.07, 6.45) is 0. The van der Waals surface area contributed by atoms with E-state index >= 15 is 0 Å². The van der Waals surface area contributed by atoms with E-state index in [2.05, 4.69) is 10.4 Å². The van der Waals surface area contributed by atoms with Crippen molar-refractivity contribution in [3.05, 3.63) is 57.3 Å². The first kappa shape index (κ1) is 18.8. The fourth-order valence-corrected chi connectivity index (χ4v) is 1.46. The summed E-state index contributed by atoms with van der Waals surface area (Å²) in [5.41, 5.74) is 1.92. The van der Waals surface area contributed by atoms with Crippen molar-refractivity contribution in [2.24, 2.45) is 10.4 Å². The molecule has 21 heavy (non-hydrogen) atoms. The van der Waals surface area contributed by atoms with Crippen LogP contribution in [0, 0.1) is 23.7 Å². The van der Waals surface area contributed by atoms with E-state index in [4.69, 9.17) is 0 Å². The van der Waals surface area contributed by atoms with Gasteiger partial charge in [0.1, 0.15) is 11.4 Å². The molecule has 7 heteroatoms. The summed E-state index contributed by atoms with van der Waals surface area (Å²) >= 11 is 0. The van der Waals surface area contributed by atoms with Gasteiger partial charge in [-0.15, -0.1) is 21.3 Å². The van der Waals surface area contributed by atoms with E-state index in [0.717, 1.165) is 0 Å². The number of hydrogen-bond donors (Lipinski definition) is 0. The summed E-state index contributed by atoms with van der Waals surface area (Å²) in [7, 11) is 0. The Hall–Kier alpha value is -2.24. The number of rotatable bonds is 2. The van der Waals surface area contributed by atoms with Gasteiger partial charge in [0.15, 0.2) is 0 Å². The molecule has 0 aliphatic rings. The van der Waals surface area contributed by atoms with Gasteiger partial charge in [0.2, 0.25) is 0 Å². The summed E-state index contributed by atoms with van der Waals surface area (Å²) < 4.78 is 0. The Morgan fingerprint density at radius 1 is 0.762 bits per heavy atom. The molecule has 2 rings (SSSR count). The molecule has 0 bridgehead atoms. The molecule has 0 aliphatic heterocycles. The van der Waals surface area contributed by atoms with E-state index in [-0.39, 0.29) is 28.6 Å². The van der Waals surface area contributed by atoms with Gasteiger partial charge in [0.05, 0.1) is 0 Å². The van der Waals surface area contributed by atoms with Crippen LogP contribution in [0.2, 0.25) is 0 Å². The maximum atomic E-state index is 10.6. The van der Waals surface area contributed by atoms with Crippen LogP contribution in [0.4, 0.5) is 11.4 Å². The standard InChI is InChI=1S/2C7H7NO2.Cu/c2*1-5-4-6(9)2-3-7(5)8-10;/h2*2-4,9H,1H3;/q;;+2/p-2. The van der Waals surface area contributed by atoms with Gasteiger partial charge in [0.25, 0.3) is 0 Å². The van der Waals surface area contributed by atoms with E-state index in [1.807, 2.05) is 0 Å². The van der Waals surface area contributed by atoms with Crippen molar-refractivity contribution in [3.8, 4) is 11.5 Å². The van der Waals surface area contributed by atoms with Crippen molar-refractivity contribution in [3.63, 3.8) is 0 Å². The zero-order chi connectivity index (χ0) is 15.1. The van der Waals surface area contributed by atoms with Crippen molar-refractivity contribution in [1.29, 1.82) is 0 Å². The van der Waals surface area contributed by atoms with Crippen LogP contribution < -0.4 is 10.2 Å². The Kier molecular flexibility index (Phi) is 7.89. The van der Waals surface area contributed by atoms with Crippen LogP contribution in [0.15, 0.2) is 46.8 Å². The predicted octanol–water partition coefficient (Wildman–Crippen LogP) is 2.93. The van der Waals surface area contributed by atoms with Crippen molar-refractivity contribution < 1.29 is 27.3 Å². The molecule has 0 N–H and O–H groups in total. The van der Waals surface area contributed by atoms with Gasteiger partial charge in [0, 0.05) is 0 Å². The number of nitrogens with zero attached hydrogens (tertiary/aromatic N) is 2. The number of nitroso groups, excluding NO2 is 2. The molecule has 0 aromatic heterocycles. The third kappa shape index (κ3) is 5.72. The summed E-state index contributed by atoms with van der Waals surface area (Å²) in [5.74, 6) is -0.185. The number of hydrogen-bond acceptors (Lipinski definition) is 6. The molecule has 0 amide bonds. The van der Waals surface area contributed by atoms with Gasteiger partial charge in [-0.25, -0.2) is 0 Å². The van der Waals surface area contributed by atoms with Gasteiger partial charge in [-0.1, -0.05) is 24.3 Å². The maximum absolute atomic E-state index is 10.6. The second-order valence-corrected chi connectivity index (χ2v) is 4.08. The summed E-state index contributed by atoms with van der Waals surface area (Å²) in [6, 6.07) is 8.26. The number of aryl methyl sites for hydroxylation is 2. The zero-order valence-corrected chi connectivity index (χ0v) is 12.2. The van der Waals surface area contributed by atoms with E-state index in [1.165, 1.54) is 36.4 Å². The van der Waals surface area contributed by atoms with Crippen molar-refractivity contribution >= 4 is 11.4 Å². The average Bonchev–Trinajstić information content (AvgIpc) is 2.40. The maximum Gasteiger partial charge on any atom is 2.00 e. The first-order valence-corrected chi connectivity index (χ1v) is 5.70. The molecule has 113 valence electrons. The molecule has 0 atom stereocenters. The van der Waals surface area contributed by atoms with Gasteiger partial charge in [-0.05, 0) is 47.5 Å². The Balaban J connectivity index is 0.000000364. The van der Waals surface area contributed by atoms with Gasteiger partial charge >= 0.3 is 17.1 Å². The second-order valence-electron chi connectivity index (χ2n) is 4.08. The Labute approximate surface area is 132 Å². The van der Waals surface area contributed by atoms with Crippen molar-refractivity contribution in [1.82, 2.24) is 0 Å². The van der Waals surface area contributed by atoms with Crippen LogP contribution in [-0.2, 0) is 17.1 Å². The molecule has 0 fully saturated rings. The third-order valence-corrected chi connectivity index (χ3v) is 2.53. The molecule has 0 spiro atoms. The van der Waals surface area contributed by atoms with Crippen LogP contribution in [0.1, 0.15) is 11.1 Å². The molecule has 1 radical (unpaired) electrons. The molecular formula is C14H12CuN2O4. The SMILES string of the molecule is Cc1cc([O-])ccc1N=O.Cc1cc([O-])ccc1N=O.[Cu+2]. The molecule has 6 nitrogen and oxygen atoms in total. The fourth-order valence-electron chi connectivity index (χ4n) is 1.46. The predicted molar refractivity (Wildman–Crippen MR) is 72.2 cm³/mol. The largest absolute Gasteiger partial charge is 2.00 e. The smallest absolute Gasteiger partial charge is 0.872 e. The fraction of sp³-hybridized carbons (Fsp3) is 0.143. The van der Waals surface area contributed by atoms with Crippen LogP contribution in [0.5, 0.6) is 11.5 Å². The first-order valence-electron chi connectivity index (χ1n) is 5.70. The molecule has 0 unspecified atom stereocenters. The second kappa shape index (κ2) is 8.84. The minimum absolute atomic E-state index is 0. The Morgan fingerprint density at radius 3 is 1.33 bits per heavy atom. The van der Waals surface area contributed by atoms with E-state index < -0.39 is 0 Å². The first-order chi connectivity index (χ1) is 9.47. The minimum atomic E-state index is -0.0927. The van der Waals surface area contributed by atoms with E-state index in [9.17, 15) is 20.0 Å². The summed E-state index contributed by atoms with van der Waals surface area (Å²) in [4.78, 5) is 20.0. The van der Waals surface area contributed by atoms with Crippen molar-refractivity contribution in [2.45, 2.75) is 13.8 Å². The van der Waals surface area contributed by atoms with Crippen LogP contribution >= 0.6 is 0 Å². The molecule has 0 heterocycles. The molecule has 0 aliphatic carbocycles. The Bertz CT molecular complexity index is 577. The molecule has 2 aromatic rings. The third-order valence-electron chi connectivity index (χ3n) is 2.53. The van der Waals surface area contributed by atoms with Crippen LogP contribution in [0.3, 0.4) is 0 Å². The Morgan fingerprint density at radius 2 is 1.10 bits per heavy atom.